The third-order valence-electron chi connectivity index (χ3n) is 3.65. The molecule has 0 spiro atoms. The first kappa shape index (κ1) is 18.6. The zero-order chi connectivity index (χ0) is 17.7. The van der Waals surface area contributed by atoms with Crippen molar-refractivity contribution in [3.05, 3.63) is 67.6 Å². The highest BCUT2D eigenvalue weighted by Crippen LogP contribution is 2.20. The van der Waals surface area contributed by atoms with Gasteiger partial charge in [0.05, 0.1) is 10.7 Å². The third kappa shape index (κ3) is 4.86. The molecule has 2 aromatic rings. The maximum absolute atomic E-state index is 12.3. The minimum absolute atomic E-state index is 0.0506. The van der Waals surface area contributed by atoms with Gasteiger partial charge in [0.15, 0.2) is 0 Å². The summed E-state index contributed by atoms with van der Waals surface area (Å²) in [5, 5.41) is 0.374. The van der Waals surface area contributed by atoms with Crippen LogP contribution in [0.25, 0.3) is 0 Å². The van der Waals surface area contributed by atoms with Crippen molar-refractivity contribution in [2.75, 3.05) is 0 Å². The number of carbonyl (C=O) groups is 1. The van der Waals surface area contributed by atoms with Gasteiger partial charge in [-0.2, -0.15) is 0 Å². The summed E-state index contributed by atoms with van der Waals surface area (Å²) in [4.78, 5) is 23.4. The lowest BCUT2D eigenvalue weighted by atomic mass is 10.1. The number of nitrogens with zero attached hydrogens (tertiary/aromatic N) is 1. The predicted molar refractivity (Wildman–Crippen MR) is 95.7 cm³/mol. The molecule has 0 saturated carbocycles. The number of aromatic nitrogens is 1. The summed E-state index contributed by atoms with van der Waals surface area (Å²) in [5.74, 6) is -0.431. The van der Waals surface area contributed by atoms with E-state index in [1.165, 1.54) is 28.7 Å². The second-order valence-corrected chi connectivity index (χ2v) is 6.43. The van der Waals surface area contributed by atoms with Crippen LogP contribution in [0.3, 0.4) is 0 Å². The molecule has 1 aromatic carbocycles. The Hall–Kier alpha value is -1.78. The lowest BCUT2D eigenvalue weighted by molar-refractivity contribution is -0.142. The number of benzene rings is 1. The highest BCUT2D eigenvalue weighted by Gasteiger charge is 2.14. The van der Waals surface area contributed by atoms with E-state index in [2.05, 4.69) is 12.1 Å². The van der Waals surface area contributed by atoms with Gasteiger partial charge in [0.2, 0.25) is 0 Å². The number of esters is 1. The van der Waals surface area contributed by atoms with Gasteiger partial charge < -0.3 is 9.30 Å². The van der Waals surface area contributed by atoms with Crippen molar-refractivity contribution in [3.8, 4) is 0 Å². The van der Waals surface area contributed by atoms with Gasteiger partial charge in [-0.25, -0.2) is 0 Å². The summed E-state index contributed by atoms with van der Waals surface area (Å²) >= 11 is 12.1. The molecule has 0 radical (unpaired) electrons. The number of carbonyl (C=O) groups excluding carboxylic acids is 1. The fourth-order valence-electron chi connectivity index (χ4n) is 2.50. The Labute approximate surface area is 151 Å². The molecule has 0 aliphatic carbocycles. The summed E-state index contributed by atoms with van der Waals surface area (Å²) in [6, 6.07) is 9.62. The summed E-state index contributed by atoms with van der Waals surface area (Å²) < 4.78 is 6.49. The maximum atomic E-state index is 12.3. The van der Waals surface area contributed by atoms with Gasteiger partial charge in [0.1, 0.15) is 11.6 Å². The zero-order valence-corrected chi connectivity index (χ0v) is 15.2. The predicted octanol–water partition coefficient (Wildman–Crippen LogP) is 4.16. The van der Waals surface area contributed by atoms with E-state index in [-0.39, 0.29) is 17.2 Å². The molecule has 0 amide bonds. The van der Waals surface area contributed by atoms with Crippen LogP contribution in [0.1, 0.15) is 30.2 Å². The molecule has 1 aromatic heterocycles. The van der Waals surface area contributed by atoms with Gasteiger partial charge in [0.25, 0.3) is 5.56 Å². The lowest BCUT2D eigenvalue weighted by Gasteiger charge is -2.15. The molecule has 0 aliphatic rings. The molecule has 0 N–H and O–H groups in total. The van der Waals surface area contributed by atoms with Gasteiger partial charge >= 0.3 is 5.97 Å². The molecule has 0 atom stereocenters. The third-order valence-corrected chi connectivity index (χ3v) is 4.24. The topological polar surface area (TPSA) is 48.3 Å². The first-order valence-electron chi connectivity index (χ1n) is 7.65. The Morgan fingerprint density at radius 2 is 1.96 bits per heavy atom. The normalized spacial score (nSPS) is 10.7. The van der Waals surface area contributed by atoms with Crippen LogP contribution in [-0.4, -0.2) is 10.5 Å². The van der Waals surface area contributed by atoms with E-state index in [0.29, 0.717) is 17.3 Å². The largest absolute Gasteiger partial charge is 0.459 e. The standard InChI is InChI=1S/C18H19Cl2NO3/c1-12-5-3-6-14(9-12)7-4-8-21-17(11-24-13(2)22)15(19)10-16(20)18(21)23/h3,5-6,9-10H,4,7-8,11H2,1-2H3. The second kappa shape index (κ2) is 8.36. The molecule has 0 fully saturated rings. The van der Waals surface area contributed by atoms with Crippen molar-refractivity contribution < 1.29 is 9.53 Å². The fraction of sp³-hybridized carbons (Fsp3) is 0.333. The van der Waals surface area contributed by atoms with Crippen molar-refractivity contribution in [2.45, 2.75) is 39.8 Å². The molecule has 128 valence electrons. The molecule has 0 bridgehead atoms. The van der Waals surface area contributed by atoms with E-state index in [9.17, 15) is 9.59 Å². The van der Waals surface area contributed by atoms with Crippen LogP contribution in [-0.2, 0) is 29.1 Å². The van der Waals surface area contributed by atoms with E-state index in [4.69, 9.17) is 27.9 Å². The molecule has 2 rings (SSSR count). The van der Waals surface area contributed by atoms with Crippen molar-refractivity contribution >= 4 is 29.2 Å². The Morgan fingerprint density at radius 1 is 1.21 bits per heavy atom. The lowest BCUT2D eigenvalue weighted by Crippen LogP contribution is -2.25. The summed E-state index contributed by atoms with van der Waals surface area (Å²) in [7, 11) is 0. The number of rotatable bonds is 6. The molecule has 0 aliphatic heterocycles. The Bertz CT molecular complexity index is 799. The van der Waals surface area contributed by atoms with Crippen LogP contribution >= 0.6 is 23.2 Å². The van der Waals surface area contributed by atoms with Gasteiger partial charge in [-0.3, -0.25) is 9.59 Å². The van der Waals surface area contributed by atoms with Crippen LogP contribution in [0, 0.1) is 6.92 Å². The molecular weight excluding hydrogens is 349 g/mol. The van der Waals surface area contributed by atoms with Crippen molar-refractivity contribution in [1.82, 2.24) is 4.57 Å². The highest BCUT2D eigenvalue weighted by molar-refractivity contribution is 6.34. The smallest absolute Gasteiger partial charge is 0.303 e. The number of ether oxygens (including phenoxy) is 1. The van der Waals surface area contributed by atoms with E-state index >= 15 is 0 Å². The molecular formula is C18H19Cl2NO3. The maximum Gasteiger partial charge on any atom is 0.303 e. The summed E-state index contributed by atoms with van der Waals surface area (Å²) in [6.07, 6.45) is 1.57. The van der Waals surface area contributed by atoms with Crippen molar-refractivity contribution in [1.29, 1.82) is 0 Å². The highest BCUT2D eigenvalue weighted by atomic mass is 35.5. The Kier molecular flexibility index (Phi) is 6.46. The number of halogens is 2. The van der Waals surface area contributed by atoms with Crippen LogP contribution in [0.4, 0.5) is 0 Å². The average molecular weight is 368 g/mol. The van der Waals surface area contributed by atoms with Gasteiger partial charge in [-0.1, -0.05) is 53.0 Å². The van der Waals surface area contributed by atoms with E-state index < -0.39 is 5.97 Å². The van der Waals surface area contributed by atoms with E-state index in [0.717, 1.165) is 12.8 Å². The summed E-state index contributed by atoms with van der Waals surface area (Å²) in [6.45, 7) is 3.75. The minimum Gasteiger partial charge on any atom is -0.459 e. The van der Waals surface area contributed by atoms with Crippen LogP contribution < -0.4 is 5.56 Å². The molecule has 0 unspecified atom stereocenters. The van der Waals surface area contributed by atoms with E-state index in [1.807, 2.05) is 19.1 Å². The number of pyridine rings is 1. The number of hydrogen-bond acceptors (Lipinski definition) is 3. The second-order valence-electron chi connectivity index (χ2n) is 5.62. The Morgan fingerprint density at radius 3 is 2.62 bits per heavy atom. The minimum atomic E-state index is -0.431. The molecule has 1 heterocycles. The van der Waals surface area contributed by atoms with Crippen LogP contribution in [0.2, 0.25) is 10.0 Å². The molecule has 0 saturated heterocycles. The first-order valence-corrected chi connectivity index (χ1v) is 8.40. The Balaban J connectivity index is 2.18. The summed E-state index contributed by atoms with van der Waals surface area (Å²) in [5.41, 5.74) is 2.54. The van der Waals surface area contributed by atoms with Crippen molar-refractivity contribution in [2.24, 2.45) is 0 Å². The number of hydrogen-bond donors (Lipinski definition) is 0. The molecule has 24 heavy (non-hydrogen) atoms. The SMILES string of the molecule is CC(=O)OCc1c(Cl)cc(Cl)c(=O)n1CCCc1cccc(C)c1. The fourth-order valence-corrected chi connectivity index (χ4v) is 3.03. The quantitative estimate of drug-likeness (QED) is 0.720. The van der Waals surface area contributed by atoms with E-state index in [1.54, 1.807) is 0 Å². The van der Waals surface area contributed by atoms with Crippen LogP contribution in [0.5, 0.6) is 0 Å². The van der Waals surface area contributed by atoms with Gasteiger partial charge in [-0.05, 0) is 31.4 Å². The monoisotopic (exact) mass is 367 g/mol. The van der Waals surface area contributed by atoms with Gasteiger partial charge in [-0.15, -0.1) is 0 Å². The van der Waals surface area contributed by atoms with Crippen molar-refractivity contribution in [3.63, 3.8) is 0 Å². The van der Waals surface area contributed by atoms with Gasteiger partial charge in [0, 0.05) is 13.5 Å². The number of aryl methyl sites for hydroxylation is 2. The first-order chi connectivity index (χ1) is 11.4. The van der Waals surface area contributed by atoms with Crippen LogP contribution in [0.15, 0.2) is 35.1 Å². The molecule has 4 nitrogen and oxygen atoms in total. The average Bonchev–Trinajstić information content (AvgIpc) is 2.51. The zero-order valence-electron chi connectivity index (χ0n) is 13.6. The molecule has 6 heteroatoms.